The maximum Gasteiger partial charge on any atom is 0.419 e. The molecule has 1 fully saturated rings. The average Bonchev–Trinajstić information content (AvgIpc) is 2.40. The number of hydrogen-bond acceptors (Lipinski definition) is 2. The van der Waals surface area contributed by atoms with Crippen LogP contribution in [0.2, 0.25) is 0 Å². The van der Waals surface area contributed by atoms with Crippen LogP contribution in [0, 0.1) is 5.82 Å². The topological polar surface area (TPSA) is 21.3 Å². The van der Waals surface area contributed by atoms with E-state index >= 15 is 0 Å². The summed E-state index contributed by atoms with van der Waals surface area (Å²) in [6.07, 6.45) is -0.949. The summed E-state index contributed by atoms with van der Waals surface area (Å²) in [6, 6.07) is 2.94. The number of methoxy groups -OCH3 is 1. The van der Waals surface area contributed by atoms with E-state index in [0.717, 1.165) is 37.8 Å². The zero-order chi connectivity index (χ0) is 14.8. The summed E-state index contributed by atoms with van der Waals surface area (Å²) in [5.41, 5.74) is -0.972. The van der Waals surface area contributed by atoms with Crippen LogP contribution in [0.15, 0.2) is 18.2 Å². The zero-order valence-corrected chi connectivity index (χ0v) is 11.1. The van der Waals surface area contributed by atoms with E-state index in [1.807, 2.05) is 0 Å². The van der Waals surface area contributed by atoms with E-state index in [2.05, 4.69) is 5.32 Å². The Kier molecular flexibility index (Phi) is 4.52. The fourth-order valence-electron chi connectivity index (χ4n) is 2.59. The Balaban J connectivity index is 2.17. The first kappa shape index (κ1) is 15.1. The van der Waals surface area contributed by atoms with Crippen molar-refractivity contribution in [2.24, 2.45) is 0 Å². The van der Waals surface area contributed by atoms with Gasteiger partial charge in [0.2, 0.25) is 0 Å². The van der Waals surface area contributed by atoms with Crippen molar-refractivity contribution in [1.29, 1.82) is 0 Å². The second-order valence-electron chi connectivity index (χ2n) is 5.00. The molecular formula is C14H17F4NO. The lowest BCUT2D eigenvalue weighted by Crippen LogP contribution is -2.37. The van der Waals surface area contributed by atoms with E-state index in [1.54, 1.807) is 7.11 Å². The Morgan fingerprint density at radius 2 is 1.90 bits per heavy atom. The van der Waals surface area contributed by atoms with Gasteiger partial charge in [0.1, 0.15) is 5.82 Å². The number of nitrogens with one attached hydrogen (secondary N) is 1. The molecule has 112 valence electrons. The van der Waals surface area contributed by atoms with Gasteiger partial charge in [-0.25, -0.2) is 4.39 Å². The monoisotopic (exact) mass is 291 g/mol. The van der Waals surface area contributed by atoms with Crippen molar-refractivity contribution in [2.75, 3.05) is 12.4 Å². The van der Waals surface area contributed by atoms with Crippen LogP contribution in [0.3, 0.4) is 0 Å². The molecule has 2 unspecified atom stereocenters. The minimum atomic E-state index is -4.69. The largest absolute Gasteiger partial charge is 0.419 e. The summed E-state index contributed by atoms with van der Waals surface area (Å²) in [6.45, 7) is 0. The van der Waals surface area contributed by atoms with Crippen molar-refractivity contribution in [3.63, 3.8) is 0 Å². The highest BCUT2D eigenvalue weighted by Gasteiger charge is 2.34. The quantitative estimate of drug-likeness (QED) is 0.842. The third-order valence-electron chi connectivity index (χ3n) is 3.63. The van der Waals surface area contributed by atoms with Crippen LogP contribution in [0.25, 0.3) is 0 Å². The Morgan fingerprint density at radius 3 is 2.55 bits per heavy atom. The molecule has 1 aliphatic carbocycles. The molecule has 2 nitrogen and oxygen atoms in total. The number of ether oxygens (including phenoxy) is 1. The number of hydrogen-bond donors (Lipinski definition) is 1. The molecule has 0 aliphatic heterocycles. The Bertz CT molecular complexity index is 461. The Hall–Kier alpha value is -1.30. The second kappa shape index (κ2) is 5.99. The normalized spacial score (nSPS) is 23.6. The maximum absolute atomic E-state index is 13.2. The van der Waals surface area contributed by atoms with E-state index in [4.69, 9.17) is 4.74 Å². The molecule has 2 rings (SSSR count). The molecule has 20 heavy (non-hydrogen) atoms. The van der Waals surface area contributed by atoms with Crippen LogP contribution in [0.5, 0.6) is 0 Å². The van der Waals surface area contributed by atoms with Crippen LogP contribution in [-0.2, 0) is 10.9 Å². The van der Waals surface area contributed by atoms with E-state index in [-0.39, 0.29) is 17.8 Å². The predicted molar refractivity (Wildman–Crippen MR) is 68.1 cm³/mol. The lowest BCUT2D eigenvalue weighted by atomic mass is 9.92. The van der Waals surface area contributed by atoms with Crippen molar-refractivity contribution in [3.8, 4) is 0 Å². The lowest BCUT2D eigenvalue weighted by molar-refractivity contribution is -0.139. The van der Waals surface area contributed by atoms with E-state index < -0.39 is 17.6 Å². The van der Waals surface area contributed by atoms with Gasteiger partial charge in [0.05, 0.1) is 17.7 Å². The van der Waals surface area contributed by atoms with Gasteiger partial charge in [-0.1, -0.05) is 12.8 Å². The van der Waals surface area contributed by atoms with E-state index in [1.165, 1.54) is 6.07 Å². The van der Waals surface area contributed by atoms with Crippen LogP contribution >= 0.6 is 0 Å². The van der Waals surface area contributed by atoms with Gasteiger partial charge in [0.15, 0.2) is 0 Å². The second-order valence-corrected chi connectivity index (χ2v) is 5.00. The summed E-state index contributed by atoms with van der Waals surface area (Å²) in [7, 11) is 1.59. The highest BCUT2D eigenvalue weighted by atomic mass is 19.4. The highest BCUT2D eigenvalue weighted by Crippen LogP contribution is 2.33. The van der Waals surface area contributed by atoms with Crippen LogP contribution in [0.4, 0.5) is 23.2 Å². The van der Waals surface area contributed by atoms with Crippen molar-refractivity contribution in [1.82, 2.24) is 0 Å². The molecule has 0 bridgehead atoms. The van der Waals surface area contributed by atoms with Crippen molar-refractivity contribution >= 4 is 5.69 Å². The smallest absolute Gasteiger partial charge is 0.380 e. The molecule has 0 saturated heterocycles. The van der Waals surface area contributed by atoms with Gasteiger partial charge in [-0.05, 0) is 31.0 Å². The molecule has 1 saturated carbocycles. The van der Waals surface area contributed by atoms with Gasteiger partial charge in [0.25, 0.3) is 0 Å². The molecule has 0 aromatic heterocycles. The number of halogens is 4. The Morgan fingerprint density at radius 1 is 1.20 bits per heavy atom. The summed E-state index contributed by atoms with van der Waals surface area (Å²) in [5, 5.41) is 3.03. The maximum atomic E-state index is 13.2. The highest BCUT2D eigenvalue weighted by molar-refractivity contribution is 5.48. The van der Waals surface area contributed by atoms with Crippen LogP contribution in [-0.4, -0.2) is 19.3 Å². The van der Waals surface area contributed by atoms with Gasteiger partial charge in [-0.2, -0.15) is 13.2 Å². The molecule has 1 aromatic rings. The molecule has 0 radical (unpaired) electrons. The molecule has 0 heterocycles. The first-order valence-corrected chi connectivity index (χ1v) is 6.58. The fraction of sp³-hybridized carbons (Fsp3) is 0.571. The van der Waals surface area contributed by atoms with Crippen molar-refractivity contribution < 1.29 is 22.3 Å². The zero-order valence-electron chi connectivity index (χ0n) is 11.1. The summed E-state index contributed by atoms with van der Waals surface area (Å²) in [5.74, 6) is -1.25. The fourth-order valence-corrected chi connectivity index (χ4v) is 2.59. The molecule has 0 amide bonds. The van der Waals surface area contributed by atoms with E-state index in [9.17, 15) is 17.6 Å². The first-order chi connectivity index (χ1) is 9.41. The number of benzene rings is 1. The average molecular weight is 291 g/mol. The third kappa shape index (κ3) is 3.42. The molecule has 1 N–H and O–H groups in total. The first-order valence-electron chi connectivity index (χ1n) is 6.58. The van der Waals surface area contributed by atoms with Crippen molar-refractivity contribution in [2.45, 2.75) is 44.0 Å². The van der Waals surface area contributed by atoms with Gasteiger partial charge in [-0.15, -0.1) is 0 Å². The van der Waals surface area contributed by atoms with Crippen molar-refractivity contribution in [3.05, 3.63) is 29.6 Å². The summed E-state index contributed by atoms with van der Waals surface area (Å²) < 4.78 is 56.5. The summed E-state index contributed by atoms with van der Waals surface area (Å²) in [4.78, 5) is 0. The number of anilines is 1. The molecule has 2 atom stereocenters. The van der Waals surface area contributed by atoms with Gasteiger partial charge in [-0.3, -0.25) is 0 Å². The molecular weight excluding hydrogens is 274 g/mol. The van der Waals surface area contributed by atoms with Gasteiger partial charge >= 0.3 is 6.18 Å². The summed E-state index contributed by atoms with van der Waals surface area (Å²) >= 11 is 0. The van der Waals surface area contributed by atoms with Crippen LogP contribution in [0.1, 0.15) is 31.2 Å². The van der Waals surface area contributed by atoms with Crippen LogP contribution < -0.4 is 5.32 Å². The minimum absolute atomic E-state index is 0.0249. The molecule has 0 spiro atoms. The van der Waals surface area contributed by atoms with Gasteiger partial charge < -0.3 is 10.1 Å². The Labute approximate surface area is 115 Å². The lowest BCUT2D eigenvalue weighted by Gasteiger charge is -2.32. The molecule has 1 aliphatic rings. The molecule has 6 heteroatoms. The SMILES string of the molecule is COC1CCCCC1Nc1ccc(F)c(C(F)(F)F)c1. The third-order valence-corrected chi connectivity index (χ3v) is 3.63. The van der Waals surface area contributed by atoms with Gasteiger partial charge in [0, 0.05) is 12.8 Å². The number of alkyl halides is 3. The predicted octanol–water partition coefficient (Wildman–Crippen LogP) is 4.21. The minimum Gasteiger partial charge on any atom is -0.380 e. The number of rotatable bonds is 3. The van der Waals surface area contributed by atoms with E-state index in [0.29, 0.717) is 0 Å². The standard InChI is InChI=1S/C14H17F4NO/c1-20-13-5-3-2-4-12(13)19-9-6-7-11(15)10(8-9)14(16,17)18/h6-8,12-13,19H,2-5H2,1H3. The molecule has 1 aromatic carbocycles.